The Balaban J connectivity index is 1.09. The first-order valence-electron chi connectivity index (χ1n) is 24.5. The summed E-state index contributed by atoms with van der Waals surface area (Å²) in [6.45, 7) is 8.54. The first kappa shape index (κ1) is 48.3. The lowest BCUT2D eigenvalue weighted by Gasteiger charge is -2.31. The Labute approximate surface area is 440 Å². The van der Waals surface area contributed by atoms with Gasteiger partial charge in [-0.3, -0.25) is 0 Å². The molecule has 1 aliphatic rings. The molecule has 11 rings (SSSR count). The van der Waals surface area contributed by atoms with Gasteiger partial charge in [0.05, 0.1) is 25.7 Å². The van der Waals surface area contributed by atoms with Crippen LogP contribution in [-0.4, -0.2) is 25.3 Å². The summed E-state index contributed by atoms with van der Waals surface area (Å²) in [6.07, 6.45) is 0. The highest BCUT2D eigenvalue weighted by molar-refractivity contribution is 7.86. The Morgan fingerprint density at radius 1 is 0.486 bits per heavy atom. The lowest BCUT2D eigenvalue weighted by Crippen LogP contribution is -2.33. The van der Waals surface area contributed by atoms with Crippen molar-refractivity contribution in [3.63, 3.8) is 0 Å². The molecule has 74 heavy (non-hydrogen) atoms. The fourth-order valence-electron chi connectivity index (χ4n) is 10.4. The third kappa shape index (κ3) is 8.41. The summed E-state index contributed by atoms with van der Waals surface area (Å²) in [5, 5.41) is 12.5. The van der Waals surface area contributed by atoms with Crippen molar-refractivity contribution in [2.75, 3.05) is 24.0 Å². The monoisotopic (exact) mass is 1020 g/mol. The summed E-state index contributed by atoms with van der Waals surface area (Å²) in [5.74, 6) is -0.871. The van der Waals surface area contributed by atoms with Gasteiger partial charge in [0, 0.05) is 75.1 Å². The minimum absolute atomic E-state index is 0.0449. The molecular formula is C64H53N2O5PS2. The van der Waals surface area contributed by atoms with Crippen molar-refractivity contribution in [1.82, 2.24) is 0 Å². The van der Waals surface area contributed by atoms with Gasteiger partial charge in [0.2, 0.25) is 0 Å². The van der Waals surface area contributed by atoms with Crippen molar-refractivity contribution in [1.29, 1.82) is 0 Å². The van der Waals surface area contributed by atoms with Gasteiger partial charge in [-0.25, -0.2) is 4.79 Å². The van der Waals surface area contributed by atoms with Gasteiger partial charge >= 0.3 is 5.97 Å². The number of hydrogen-bond donors (Lipinski definition) is 1. The van der Waals surface area contributed by atoms with Crippen LogP contribution < -0.4 is 35.2 Å². The lowest BCUT2D eigenvalue weighted by molar-refractivity contribution is 0.0696. The van der Waals surface area contributed by atoms with Crippen LogP contribution in [0, 0.1) is 27.7 Å². The number of benzene rings is 8. The molecule has 0 fully saturated rings. The summed E-state index contributed by atoms with van der Waals surface area (Å²) in [4.78, 5) is 20.9. The van der Waals surface area contributed by atoms with E-state index in [4.69, 9.17) is 9.47 Å². The van der Waals surface area contributed by atoms with Crippen LogP contribution >= 0.6 is 29.8 Å². The van der Waals surface area contributed by atoms with Gasteiger partial charge < -0.3 is 28.9 Å². The van der Waals surface area contributed by atoms with E-state index in [2.05, 4.69) is 195 Å². The first-order valence-corrected chi connectivity index (χ1v) is 27.8. The number of methoxy groups -OCH3 is 2. The topological polar surface area (TPSA) is 79.3 Å². The maximum Gasteiger partial charge on any atom is 0.335 e. The number of nitrogens with zero attached hydrogens (tertiary/aromatic N) is 2. The van der Waals surface area contributed by atoms with Crippen molar-refractivity contribution < 1.29 is 23.9 Å². The molecule has 1 aliphatic heterocycles. The predicted molar refractivity (Wildman–Crippen MR) is 308 cm³/mol. The number of ether oxygens (including phenoxy) is 2. The summed E-state index contributed by atoms with van der Waals surface area (Å²) < 4.78 is 29.1. The smallest absolute Gasteiger partial charge is 0.335 e. The molecular weight excluding hydrogens is 972 g/mol. The van der Waals surface area contributed by atoms with Crippen LogP contribution in [0.4, 0.5) is 34.1 Å². The molecule has 1 N–H and O–H groups in total. The molecule has 366 valence electrons. The molecule has 3 heterocycles. The second-order valence-electron chi connectivity index (χ2n) is 18.6. The number of aryl methyl sites for hydroxylation is 4. The number of carboxylic acids is 1. The molecule has 0 amide bonds. The van der Waals surface area contributed by atoms with Crippen LogP contribution in [0.1, 0.15) is 53.8 Å². The second kappa shape index (κ2) is 19.8. The molecule has 0 aliphatic carbocycles. The Morgan fingerprint density at radius 3 is 1.18 bits per heavy atom. The highest BCUT2D eigenvalue weighted by Crippen LogP contribution is 2.60. The van der Waals surface area contributed by atoms with E-state index in [9.17, 15) is 9.90 Å². The molecule has 0 unspecified atom stereocenters. The van der Waals surface area contributed by atoms with Crippen LogP contribution in [0.3, 0.4) is 0 Å². The number of carboxylic acid groups (broad SMARTS) is 1. The van der Waals surface area contributed by atoms with Crippen LogP contribution in [0.5, 0.6) is 11.5 Å². The van der Waals surface area contributed by atoms with Crippen LogP contribution in [0.25, 0.3) is 20.9 Å². The minimum Gasteiger partial charge on any atom is -0.496 e. The van der Waals surface area contributed by atoms with Gasteiger partial charge in [0.25, 0.3) is 0 Å². The molecule has 0 saturated heterocycles. The second-order valence-corrected chi connectivity index (χ2v) is 23.5. The average Bonchev–Trinajstić information content (AvgIpc) is 4.10. The van der Waals surface area contributed by atoms with E-state index in [0.29, 0.717) is 17.1 Å². The maximum atomic E-state index is 16.9. The number of carbonyl (C=O) groups is 1. The van der Waals surface area contributed by atoms with Gasteiger partial charge in [-0.05, 0) is 134 Å². The number of hydrogen-bond acceptors (Lipinski definition) is 8. The number of aromatic carboxylic acids is 1. The molecule has 10 aromatic rings. The molecule has 0 spiro atoms. The summed E-state index contributed by atoms with van der Waals surface area (Å²) in [5.41, 5.74) is 13.7. The van der Waals surface area contributed by atoms with Crippen molar-refractivity contribution >= 4 is 85.8 Å². The molecule has 0 atom stereocenters. The van der Waals surface area contributed by atoms with E-state index in [-0.39, 0.29) is 5.56 Å². The number of para-hydroxylation sites is 4. The molecule has 0 bridgehead atoms. The molecule has 2 aromatic heterocycles. The normalized spacial score (nSPS) is 14.7. The van der Waals surface area contributed by atoms with E-state index in [1.54, 1.807) is 49.0 Å². The average molecular weight is 1030 g/mol. The van der Waals surface area contributed by atoms with Crippen molar-refractivity contribution in [3.05, 3.63) is 243 Å². The van der Waals surface area contributed by atoms with E-state index in [1.807, 2.05) is 30.3 Å². The van der Waals surface area contributed by atoms with Gasteiger partial charge in [-0.2, -0.15) is 0 Å². The highest BCUT2D eigenvalue weighted by Gasteiger charge is 2.47. The van der Waals surface area contributed by atoms with Crippen molar-refractivity contribution in [3.8, 4) is 32.4 Å². The standard InChI is InChI=1S/C64H53N2O5PS2/c1-40-18-10-14-24-50(40)65(51-25-15-11-19-41(51)2)47-32-28-44(29-33-47)58-38-56-62(73-58)61(60-54(70-5)36-46(64(67)68)37-55(60)71-6)63-57(72(56,69)49-22-8-7-9-23-49)39-59(74-63)45-30-34-48(35-31-45)66(52-26-16-12-20-42(52)3)53-27-17-13-21-43(53)4/h7-39,61H,1-6H3,(H,67,68). The highest BCUT2D eigenvalue weighted by atomic mass is 32.1. The third-order valence-corrected chi connectivity index (χ3v) is 20.1. The van der Waals surface area contributed by atoms with Gasteiger partial charge in [0.15, 0.2) is 7.14 Å². The molecule has 10 heteroatoms. The van der Waals surface area contributed by atoms with Crippen molar-refractivity contribution in [2.45, 2.75) is 33.6 Å². The van der Waals surface area contributed by atoms with E-state index < -0.39 is 19.0 Å². The molecule has 7 nitrogen and oxygen atoms in total. The zero-order chi connectivity index (χ0) is 51.3. The molecule has 8 aromatic carbocycles. The predicted octanol–water partition coefficient (Wildman–Crippen LogP) is 16.2. The Bertz CT molecular complexity index is 3480. The SMILES string of the molecule is COc1cc(C(=O)O)cc(OC)c1C1c2sc(-c3ccc(N(c4ccccc4C)c4ccccc4C)cc3)cc2P(=O)(c2ccccc2)c2cc(-c3ccc(N(c4ccccc4C)c4ccccc4C)cc3)sc21. The fraction of sp³-hybridized carbons (Fsp3) is 0.109. The van der Waals surface area contributed by atoms with Crippen LogP contribution in [-0.2, 0) is 4.57 Å². The van der Waals surface area contributed by atoms with Gasteiger partial charge in [-0.15, -0.1) is 22.7 Å². The first-order chi connectivity index (χ1) is 36.0. The van der Waals surface area contributed by atoms with E-state index in [0.717, 1.165) is 103 Å². The lowest BCUT2D eigenvalue weighted by atomic mass is 9.92. The summed E-state index contributed by atoms with van der Waals surface area (Å²) >= 11 is 3.22. The minimum atomic E-state index is -3.58. The Hall–Kier alpha value is -7.94. The van der Waals surface area contributed by atoms with E-state index in [1.165, 1.54) is 0 Å². The van der Waals surface area contributed by atoms with Crippen LogP contribution in [0.15, 0.2) is 200 Å². The quantitative estimate of drug-likeness (QED) is 0.115. The van der Waals surface area contributed by atoms with Gasteiger partial charge in [0.1, 0.15) is 11.5 Å². The summed E-state index contributed by atoms with van der Waals surface area (Å²) in [6, 6.07) is 68.2. The number of fused-ring (bicyclic) bond motifs is 2. The Kier molecular flexibility index (Phi) is 12.9. The maximum absolute atomic E-state index is 16.9. The summed E-state index contributed by atoms with van der Waals surface area (Å²) in [7, 11) is -0.467. The fourth-order valence-corrected chi connectivity index (χ4v) is 17.0. The zero-order valence-corrected chi connectivity index (χ0v) is 44.4. The molecule has 0 saturated carbocycles. The largest absolute Gasteiger partial charge is 0.496 e. The van der Waals surface area contributed by atoms with E-state index >= 15 is 4.57 Å². The third-order valence-electron chi connectivity index (χ3n) is 14.1. The Morgan fingerprint density at radius 2 is 0.838 bits per heavy atom. The number of anilines is 6. The zero-order valence-electron chi connectivity index (χ0n) is 41.9. The van der Waals surface area contributed by atoms with Crippen LogP contribution in [0.2, 0.25) is 0 Å². The molecule has 0 radical (unpaired) electrons. The number of thiophene rings is 2. The van der Waals surface area contributed by atoms with Gasteiger partial charge in [-0.1, -0.05) is 127 Å². The van der Waals surface area contributed by atoms with Crippen molar-refractivity contribution in [2.24, 2.45) is 0 Å². The number of rotatable bonds is 13.